The van der Waals surface area contributed by atoms with Gasteiger partial charge in [0, 0.05) is 19.1 Å². The quantitative estimate of drug-likeness (QED) is 0.930. The van der Waals surface area contributed by atoms with Crippen LogP contribution >= 0.6 is 11.6 Å². The van der Waals surface area contributed by atoms with E-state index < -0.39 is 0 Å². The van der Waals surface area contributed by atoms with Crippen molar-refractivity contribution in [2.24, 2.45) is 11.1 Å². The fourth-order valence-corrected chi connectivity index (χ4v) is 2.75. The minimum atomic E-state index is -0.0303. The Morgan fingerprint density at radius 2 is 2.19 bits per heavy atom. The molecule has 1 unspecified atom stereocenters. The molecule has 2 N–H and O–H groups in total. The summed E-state index contributed by atoms with van der Waals surface area (Å²) in [7, 11) is 0. The molecule has 0 saturated carbocycles. The lowest BCUT2D eigenvalue weighted by atomic mass is 9.79. The lowest BCUT2D eigenvalue weighted by Gasteiger charge is -2.42. The number of para-hydroxylation sites is 1. The first-order chi connectivity index (χ1) is 9.90. The van der Waals surface area contributed by atoms with Gasteiger partial charge >= 0.3 is 0 Å². The molecule has 1 aliphatic heterocycles. The predicted molar refractivity (Wildman–Crippen MR) is 84.5 cm³/mol. The molecule has 1 aliphatic rings. The van der Waals surface area contributed by atoms with Gasteiger partial charge in [0.2, 0.25) is 5.91 Å². The molecule has 1 amide bonds. The number of carbonyl (C=O) groups is 1. The van der Waals surface area contributed by atoms with Crippen LogP contribution in [0.1, 0.15) is 26.7 Å². The third-order valence-electron chi connectivity index (χ3n) is 4.08. The highest BCUT2D eigenvalue weighted by molar-refractivity contribution is 6.32. The Bertz CT molecular complexity index is 505. The molecule has 5 heteroatoms. The second kappa shape index (κ2) is 6.67. The van der Waals surface area contributed by atoms with Gasteiger partial charge in [-0.15, -0.1) is 0 Å². The Hall–Kier alpha value is -1.26. The minimum Gasteiger partial charge on any atom is -0.491 e. The smallest absolute Gasteiger partial charge is 0.226 e. The molecule has 0 aliphatic carbocycles. The SMILES string of the molecule is CC1(C)CN(C(=O)CCOc2ccccc2Cl)CCC1N. The number of benzene rings is 1. The Morgan fingerprint density at radius 1 is 1.48 bits per heavy atom. The molecule has 1 aromatic rings. The van der Waals surface area contributed by atoms with Crippen LogP contribution < -0.4 is 10.5 Å². The average Bonchev–Trinajstić information content (AvgIpc) is 2.43. The summed E-state index contributed by atoms with van der Waals surface area (Å²) in [4.78, 5) is 14.1. The van der Waals surface area contributed by atoms with Crippen LogP contribution in [-0.4, -0.2) is 36.5 Å². The molecule has 0 bridgehead atoms. The molecular formula is C16H23ClN2O2. The van der Waals surface area contributed by atoms with Gasteiger partial charge in [-0.05, 0) is 24.0 Å². The molecule has 0 radical (unpaired) electrons. The lowest BCUT2D eigenvalue weighted by molar-refractivity contribution is -0.135. The van der Waals surface area contributed by atoms with E-state index in [1.807, 2.05) is 17.0 Å². The predicted octanol–water partition coefficient (Wildman–Crippen LogP) is 2.69. The van der Waals surface area contributed by atoms with Crippen molar-refractivity contribution in [3.8, 4) is 5.75 Å². The monoisotopic (exact) mass is 310 g/mol. The van der Waals surface area contributed by atoms with E-state index >= 15 is 0 Å². The fraction of sp³-hybridized carbons (Fsp3) is 0.562. The zero-order chi connectivity index (χ0) is 15.5. The Kier molecular flexibility index (Phi) is 5.12. The number of piperidine rings is 1. The topological polar surface area (TPSA) is 55.6 Å². The van der Waals surface area contributed by atoms with Gasteiger partial charge in [0.15, 0.2) is 0 Å². The molecule has 1 fully saturated rings. The van der Waals surface area contributed by atoms with E-state index in [1.165, 1.54) is 0 Å². The summed E-state index contributed by atoms with van der Waals surface area (Å²) in [6.07, 6.45) is 1.21. The Labute approximate surface area is 131 Å². The van der Waals surface area contributed by atoms with Crippen molar-refractivity contribution in [1.29, 1.82) is 0 Å². The third-order valence-corrected chi connectivity index (χ3v) is 4.39. The number of amides is 1. The number of nitrogens with two attached hydrogens (primary N) is 1. The number of likely N-dealkylation sites (tertiary alicyclic amines) is 1. The van der Waals surface area contributed by atoms with Gasteiger partial charge in [0.25, 0.3) is 0 Å². The molecule has 21 heavy (non-hydrogen) atoms. The first kappa shape index (κ1) is 16.1. The van der Waals surface area contributed by atoms with Crippen molar-refractivity contribution in [2.45, 2.75) is 32.7 Å². The van der Waals surface area contributed by atoms with E-state index in [0.29, 0.717) is 30.3 Å². The Morgan fingerprint density at radius 3 is 2.86 bits per heavy atom. The molecule has 1 saturated heterocycles. The van der Waals surface area contributed by atoms with Crippen molar-refractivity contribution in [1.82, 2.24) is 4.90 Å². The normalized spacial score (nSPS) is 21.1. The molecule has 4 nitrogen and oxygen atoms in total. The van der Waals surface area contributed by atoms with Crippen molar-refractivity contribution in [3.63, 3.8) is 0 Å². The molecule has 116 valence electrons. The number of ether oxygens (including phenoxy) is 1. The highest BCUT2D eigenvalue weighted by atomic mass is 35.5. The van der Waals surface area contributed by atoms with Crippen LogP contribution in [0, 0.1) is 5.41 Å². The van der Waals surface area contributed by atoms with Crippen LogP contribution in [0.15, 0.2) is 24.3 Å². The van der Waals surface area contributed by atoms with Crippen LogP contribution in [0.4, 0.5) is 0 Å². The van der Waals surface area contributed by atoms with E-state index in [-0.39, 0.29) is 17.4 Å². The van der Waals surface area contributed by atoms with Gasteiger partial charge in [-0.1, -0.05) is 37.6 Å². The molecule has 1 heterocycles. The molecule has 1 aromatic carbocycles. The summed E-state index contributed by atoms with van der Waals surface area (Å²) < 4.78 is 5.57. The third kappa shape index (κ3) is 4.11. The highest BCUT2D eigenvalue weighted by Gasteiger charge is 2.35. The standard InChI is InChI=1S/C16H23ClN2O2/c1-16(2)11-19(9-7-14(16)18)15(20)8-10-21-13-6-4-3-5-12(13)17/h3-6,14H,7-11,18H2,1-2H3. The maximum atomic E-state index is 12.2. The van der Waals surface area contributed by atoms with Gasteiger partial charge in [0.1, 0.15) is 5.75 Å². The van der Waals surface area contributed by atoms with Crippen LogP contribution in [0.2, 0.25) is 5.02 Å². The van der Waals surface area contributed by atoms with Crippen LogP contribution in [-0.2, 0) is 4.79 Å². The van der Waals surface area contributed by atoms with Crippen LogP contribution in [0.25, 0.3) is 0 Å². The second-order valence-corrected chi connectivity index (χ2v) is 6.64. The second-order valence-electron chi connectivity index (χ2n) is 6.23. The minimum absolute atomic E-state index is 0.0303. The summed E-state index contributed by atoms with van der Waals surface area (Å²) in [6, 6.07) is 7.43. The van der Waals surface area contributed by atoms with E-state index in [9.17, 15) is 4.79 Å². The maximum absolute atomic E-state index is 12.2. The van der Waals surface area contributed by atoms with Crippen LogP contribution in [0.3, 0.4) is 0 Å². The van der Waals surface area contributed by atoms with Gasteiger partial charge in [-0.25, -0.2) is 0 Å². The van der Waals surface area contributed by atoms with Crippen LogP contribution in [0.5, 0.6) is 5.75 Å². The largest absolute Gasteiger partial charge is 0.491 e. The fourth-order valence-electron chi connectivity index (χ4n) is 2.55. The molecule has 0 spiro atoms. The first-order valence-electron chi connectivity index (χ1n) is 7.31. The number of nitrogens with zero attached hydrogens (tertiary/aromatic N) is 1. The van der Waals surface area contributed by atoms with Gasteiger partial charge in [0.05, 0.1) is 18.1 Å². The molecule has 1 atom stereocenters. The summed E-state index contributed by atoms with van der Waals surface area (Å²) in [5.74, 6) is 0.731. The number of rotatable bonds is 4. The number of carbonyl (C=O) groups excluding carboxylic acids is 1. The van der Waals surface area contributed by atoms with E-state index in [4.69, 9.17) is 22.1 Å². The molecule has 2 rings (SSSR count). The van der Waals surface area contributed by atoms with Gasteiger partial charge in [-0.3, -0.25) is 4.79 Å². The zero-order valence-corrected chi connectivity index (χ0v) is 13.4. The molecular weight excluding hydrogens is 288 g/mol. The Balaban J connectivity index is 1.81. The first-order valence-corrected chi connectivity index (χ1v) is 7.68. The highest BCUT2D eigenvalue weighted by Crippen LogP contribution is 2.28. The van der Waals surface area contributed by atoms with Gasteiger partial charge in [-0.2, -0.15) is 0 Å². The lowest BCUT2D eigenvalue weighted by Crippen LogP contribution is -2.54. The summed E-state index contributed by atoms with van der Waals surface area (Å²) in [5.41, 5.74) is 6.06. The maximum Gasteiger partial charge on any atom is 0.226 e. The van der Waals surface area contributed by atoms with E-state index in [0.717, 1.165) is 13.0 Å². The summed E-state index contributed by atoms with van der Waals surface area (Å²) in [5, 5.41) is 0.565. The summed E-state index contributed by atoms with van der Waals surface area (Å²) >= 11 is 6.01. The average molecular weight is 311 g/mol. The van der Waals surface area contributed by atoms with Crippen molar-refractivity contribution >= 4 is 17.5 Å². The van der Waals surface area contributed by atoms with Gasteiger partial charge < -0.3 is 15.4 Å². The zero-order valence-electron chi connectivity index (χ0n) is 12.6. The van der Waals surface area contributed by atoms with E-state index in [2.05, 4.69) is 13.8 Å². The molecule has 0 aromatic heterocycles. The van der Waals surface area contributed by atoms with Crippen molar-refractivity contribution in [3.05, 3.63) is 29.3 Å². The van der Waals surface area contributed by atoms with Crippen molar-refractivity contribution < 1.29 is 9.53 Å². The number of hydrogen-bond donors (Lipinski definition) is 1. The number of hydrogen-bond acceptors (Lipinski definition) is 3. The number of halogens is 1. The van der Waals surface area contributed by atoms with Crippen molar-refractivity contribution in [2.75, 3.05) is 19.7 Å². The summed E-state index contributed by atoms with van der Waals surface area (Å²) in [6.45, 7) is 5.99. The van der Waals surface area contributed by atoms with E-state index in [1.54, 1.807) is 12.1 Å².